The molecule has 2 N–H and O–H groups in total. The van der Waals surface area contributed by atoms with Gasteiger partial charge in [0.25, 0.3) is 8.32 Å². The van der Waals surface area contributed by atoms with E-state index in [1.54, 1.807) is 19.1 Å². The Morgan fingerprint density at radius 3 is 2.09 bits per heavy atom. The molecule has 0 bridgehead atoms. The molecule has 0 saturated heterocycles. The van der Waals surface area contributed by atoms with Crippen LogP contribution in [0.5, 0.6) is 0 Å². The molecule has 11 nitrogen and oxygen atoms in total. The average molecular weight is 634 g/mol. The first kappa shape index (κ1) is 33.3. The molecule has 1 amide bonds. The molecule has 1 aliphatic rings. The molecule has 12 heteroatoms. The summed E-state index contributed by atoms with van der Waals surface area (Å²) in [5.74, 6) is -2.83. The number of rotatable bonds is 11. The average Bonchev–Trinajstić information content (AvgIpc) is 3.45. The van der Waals surface area contributed by atoms with Crippen LogP contribution in [0.2, 0.25) is 5.04 Å². The summed E-state index contributed by atoms with van der Waals surface area (Å²) in [6.07, 6.45) is 1.91. The van der Waals surface area contributed by atoms with Crippen molar-refractivity contribution in [2.24, 2.45) is 5.92 Å². The van der Waals surface area contributed by atoms with Crippen molar-refractivity contribution in [2.75, 3.05) is 19.8 Å². The fourth-order valence-electron chi connectivity index (χ4n) is 5.98. The second-order valence-electron chi connectivity index (χ2n) is 11.8. The van der Waals surface area contributed by atoms with E-state index in [4.69, 9.17) is 9.16 Å². The Morgan fingerprint density at radius 1 is 0.978 bits per heavy atom. The van der Waals surface area contributed by atoms with Gasteiger partial charge in [0.15, 0.2) is 5.78 Å². The molecule has 1 aromatic heterocycles. The number of ketones is 1. The second kappa shape index (κ2) is 14.0. The van der Waals surface area contributed by atoms with Gasteiger partial charge in [0.1, 0.15) is 12.0 Å². The zero-order chi connectivity index (χ0) is 32.8. The van der Waals surface area contributed by atoms with Gasteiger partial charge in [-0.25, -0.2) is 9.59 Å². The van der Waals surface area contributed by atoms with Crippen LogP contribution >= 0.6 is 0 Å². The summed E-state index contributed by atoms with van der Waals surface area (Å²) < 4.78 is 12.7. The minimum absolute atomic E-state index is 0.0266. The van der Waals surface area contributed by atoms with Gasteiger partial charge in [-0.15, -0.1) is 0 Å². The van der Waals surface area contributed by atoms with Crippen LogP contribution in [-0.4, -0.2) is 76.9 Å². The van der Waals surface area contributed by atoms with E-state index in [1.165, 1.54) is 0 Å². The predicted octanol–water partition coefficient (Wildman–Crippen LogP) is 4.26. The first-order valence-electron chi connectivity index (χ1n) is 14.8. The fraction of sp³-hybridized carbons (Fsp3) is 0.364. The van der Waals surface area contributed by atoms with Gasteiger partial charge >= 0.3 is 18.2 Å². The summed E-state index contributed by atoms with van der Waals surface area (Å²) in [4.78, 5) is 51.6. The monoisotopic (exact) mass is 633 g/mol. The lowest BCUT2D eigenvalue weighted by molar-refractivity contribution is -0.152. The number of hydrogen-bond donors (Lipinski definition) is 2. The highest BCUT2D eigenvalue weighted by atomic mass is 28.4. The van der Waals surface area contributed by atoms with Gasteiger partial charge in [-0.05, 0) is 28.8 Å². The Balaban J connectivity index is 1.62. The summed E-state index contributed by atoms with van der Waals surface area (Å²) >= 11 is 0. The van der Waals surface area contributed by atoms with Gasteiger partial charge in [0, 0.05) is 24.7 Å². The molecule has 2 unspecified atom stereocenters. The van der Waals surface area contributed by atoms with Gasteiger partial charge in [0.2, 0.25) is 0 Å². The summed E-state index contributed by atoms with van der Waals surface area (Å²) in [5, 5.41) is 25.3. The lowest BCUT2D eigenvalue weighted by Crippen LogP contribution is -2.66. The third-order valence-electron chi connectivity index (χ3n) is 8.00. The van der Waals surface area contributed by atoms with Crippen molar-refractivity contribution in [2.45, 2.75) is 51.6 Å². The molecule has 4 rings (SSSR count). The summed E-state index contributed by atoms with van der Waals surface area (Å²) in [6, 6.07) is 18.9. The van der Waals surface area contributed by atoms with Crippen LogP contribution in [0, 0.1) is 5.92 Å². The van der Waals surface area contributed by atoms with Gasteiger partial charge in [-0.1, -0.05) is 93.6 Å². The standard InChI is InChI=1S/C33H39N3O8Si/c1-5-43-30(38)25(29(37)28-26-22-36(32(41)42)34-27(26)19-20-35(28)31(39)40)18-12-13-21-44-45(33(2,3)4,23-14-8-6-9-15-23)24-16-10-7-11-17-24/h6-17,22,25,28H,5,18-21H2,1-4H3,(H,39,40)(H,41,42). The van der Waals surface area contributed by atoms with E-state index in [9.17, 15) is 29.4 Å². The van der Waals surface area contributed by atoms with Crippen LogP contribution in [0.3, 0.4) is 0 Å². The summed E-state index contributed by atoms with van der Waals surface area (Å²) in [5.41, 5.74) is 0.439. The van der Waals surface area contributed by atoms with Crippen molar-refractivity contribution in [3.05, 3.63) is 90.3 Å². The van der Waals surface area contributed by atoms with Gasteiger partial charge in [0.05, 0.1) is 18.9 Å². The number of aromatic nitrogens is 2. The van der Waals surface area contributed by atoms with Crippen molar-refractivity contribution in [1.29, 1.82) is 0 Å². The molecule has 0 saturated carbocycles. The number of carbonyl (C=O) groups excluding carboxylic acids is 2. The van der Waals surface area contributed by atoms with Crippen molar-refractivity contribution in [3.63, 3.8) is 0 Å². The molecule has 2 atom stereocenters. The Morgan fingerprint density at radius 2 is 1.58 bits per heavy atom. The molecule has 0 fully saturated rings. The molecule has 1 aliphatic heterocycles. The highest BCUT2D eigenvalue weighted by molar-refractivity contribution is 6.99. The molecule has 238 valence electrons. The van der Waals surface area contributed by atoms with Crippen LogP contribution in [0.25, 0.3) is 0 Å². The number of carbonyl (C=O) groups is 4. The van der Waals surface area contributed by atoms with E-state index < -0.39 is 44.2 Å². The highest BCUT2D eigenvalue weighted by Crippen LogP contribution is 2.37. The number of fused-ring (bicyclic) bond motifs is 1. The molecule has 45 heavy (non-hydrogen) atoms. The van der Waals surface area contributed by atoms with E-state index in [2.05, 4.69) is 50.1 Å². The molecular weight excluding hydrogens is 594 g/mol. The Labute approximate surface area is 263 Å². The molecule has 2 aromatic carbocycles. The zero-order valence-electron chi connectivity index (χ0n) is 25.9. The van der Waals surface area contributed by atoms with E-state index in [0.29, 0.717) is 10.4 Å². The Bertz CT molecular complexity index is 1510. The van der Waals surface area contributed by atoms with Crippen LogP contribution in [0.1, 0.15) is 51.4 Å². The number of esters is 1. The molecule has 0 spiro atoms. The van der Waals surface area contributed by atoms with E-state index in [-0.39, 0.29) is 43.2 Å². The highest BCUT2D eigenvalue weighted by Gasteiger charge is 2.50. The zero-order valence-corrected chi connectivity index (χ0v) is 26.9. The molecular formula is C33H39N3O8Si. The Kier molecular flexibility index (Phi) is 10.4. The van der Waals surface area contributed by atoms with Crippen molar-refractivity contribution in [3.8, 4) is 0 Å². The van der Waals surface area contributed by atoms with Crippen LogP contribution < -0.4 is 10.4 Å². The fourth-order valence-corrected chi connectivity index (χ4v) is 10.5. The number of amides is 1. The summed E-state index contributed by atoms with van der Waals surface area (Å²) in [6.45, 7) is 8.27. The number of allylic oxidation sites excluding steroid dienone is 1. The van der Waals surface area contributed by atoms with Crippen molar-refractivity contribution < 1.29 is 38.6 Å². The third-order valence-corrected chi connectivity index (χ3v) is 13.0. The quantitative estimate of drug-likeness (QED) is 0.137. The first-order chi connectivity index (χ1) is 21.4. The third kappa shape index (κ3) is 6.91. The van der Waals surface area contributed by atoms with Gasteiger partial charge < -0.3 is 19.4 Å². The Hall–Kier alpha value is -4.55. The maximum atomic E-state index is 13.9. The SMILES string of the molecule is CCOC(=O)C(CC=CCO[Si](c1ccccc1)(c1ccccc1)C(C)(C)C)C(=O)C1c2cn(C(=O)O)nc2CCN1C(=O)O. The maximum Gasteiger partial charge on any atom is 0.432 e. The normalized spacial score (nSPS) is 15.8. The predicted molar refractivity (Wildman–Crippen MR) is 169 cm³/mol. The number of Topliss-reactive ketones (excluding diaryl/α,β-unsaturated/α-hetero) is 1. The van der Waals surface area contributed by atoms with E-state index in [0.717, 1.165) is 21.5 Å². The number of benzene rings is 2. The van der Waals surface area contributed by atoms with Crippen molar-refractivity contribution >= 4 is 42.6 Å². The van der Waals surface area contributed by atoms with Gasteiger partial charge in [-0.2, -0.15) is 9.78 Å². The minimum atomic E-state index is -2.82. The van der Waals surface area contributed by atoms with Crippen LogP contribution in [0.4, 0.5) is 9.59 Å². The smallest absolute Gasteiger partial charge is 0.432 e. The van der Waals surface area contributed by atoms with Crippen molar-refractivity contribution in [1.82, 2.24) is 14.7 Å². The lowest BCUT2D eigenvalue weighted by atomic mass is 9.87. The second-order valence-corrected chi connectivity index (χ2v) is 16.1. The lowest BCUT2D eigenvalue weighted by Gasteiger charge is -2.42. The van der Waals surface area contributed by atoms with Crippen LogP contribution in [-0.2, 0) is 25.2 Å². The van der Waals surface area contributed by atoms with E-state index >= 15 is 0 Å². The number of ether oxygens (including phenoxy) is 1. The number of nitrogens with zero attached hydrogens (tertiary/aromatic N) is 3. The molecule has 0 aliphatic carbocycles. The van der Waals surface area contributed by atoms with Gasteiger partial charge in [-0.3, -0.25) is 14.5 Å². The topological polar surface area (TPSA) is 148 Å². The molecule has 0 radical (unpaired) electrons. The van der Waals surface area contributed by atoms with Crippen LogP contribution in [0.15, 0.2) is 79.0 Å². The van der Waals surface area contributed by atoms with E-state index in [1.807, 2.05) is 36.4 Å². The number of carboxylic acid groups (broad SMARTS) is 2. The maximum absolute atomic E-state index is 13.9. The minimum Gasteiger partial charge on any atom is -0.465 e. The largest absolute Gasteiger partial charge is 0.465 e. The molecule has 2 heterocycles. The number of hydrogen-bond acceptors (Lipinski definition) is 7. The molecule has 3 aromatic rings. The summed E-state index contributed by atoms with van der Waals surface area (Å²) in [7, 11) is -2.82. The first-order valence-corrected chi connectivity index (χ1v) is 16.7.